The highest BCUT2D eigenvalue weighted by atomic mass is 15.1. The summed E-state index contributed by atoms with van der Waals surface area (Å²) in [7, 11) is 2.03. The second kappa shape index (κ2) is 5.51. The average molecular weight is 268 g/mol. The van der Waals surface area contributed by atoms with Gasteiger partial charge >= 0.3 is 0 Å². The fourth-order valence-electron chi connectivity index (χ4n) is 2.65. The summed E-state index contributed by atoms with van der Waals surface area (Å²) in [6.45, 7) is 3.09. The van der Waals surface area contributed by atoms with Crippen LogP contribution < -0.4 is 5.32 Å². The number of nitrogens with zero attached hydrogens (tertiary/aromatic N) is 2. The summed E-state index contributed by atoms with van der Waals surface area (Å²) in [5.74, 6) is 1.07. The first-order chi connectivity index (χ1) is 9.75. The lowest BCUT2D eigenvalue weighted by Gasteiger charge is -2.13. The quantitative estimate of drug-likeness (QED) is 0.747. The molecule has 1 atom stereocenters. The van der Waals surface area contributed by atoms with Gasteiger partial charge in [-0.2, -0.15) is 0 Å². The molecule has 2 N–H and O–H groups in total. The Balaban J connectivity index is 1.61. The number of aromatic nitrogens is 3. The molecule has 0 radical (unpaired) electrons. The predicted octanol–water partition coefficient (Wildman–Crippen LogP) is 2.79. The van der Waals surface area contributed by atoms with Gasteiger partial charge in [-0.15, -0.1) is 0 Å². The number of benzene rings is 1. The Kier molecular flexibility index (Phi) is 3.56. The highest BCUT2D eigenvalue weighted by Gasteiger charge is 2.09. The zero-order chi connectivity index (χ0) is 13.9. The summed E-state index contributed by atoms with van der Waals surface area (Å²) in [4.78, 5) is 7.69. The lowest BCUT2D eigenvalue weighted by molar-refractivity contribution is 0.534. The van der Waals surface area contributed by atoms with Crippen LogP contribution >= 0.6 is 0 Å². The van der Waals surface area contributed by atoms with Crippen molar-refractivity contribution in [3.8, 4) is 0 Å². The van der Waals surface area contributed by atoms with Crippen molar-refractivity contribution in [3.05, 3.63) is 54.2 Å². The van der Waals surface area contributed by atoms with Gasteiger partial charge in [0.15, 0.2) is 0 Å². The number of aryl methyl sites for hydroxylation is 1. The molecule has 104 valence electrons. The third kappa shape index (κ3) is 2.47. The van der Waals surface area contributed by atoms with Crippen molar-refractivity contribution >= 4 is 10.9 Å². The van der Waals surface area contributed by atoms with Gasteiger partial charge in [0.2, 0.25) is 0 Å². The lowest BCUT2D eigenvalue weighted by atomic mass is 10.1. The predicted molar refractivity (Wildman–Crippen MR) is 81.6 cm³/mol. The maximum Gasteiger partial charge on any atom is 0.125 e. The lowest BCUT2D eigenvalue weighted by Crippen LogP contribution is -2.23. The van der Waals surface area contributed by atoms with Crippen LogP contribution in [0.4, 0.5) is 0 Å². The van der Waals surface area contributed by atoms with Crippen molar-refractivity contribution in [2.45, 2.75) is 19.4 Å². The first-order valence-electron chi connectivity index (χ1n) is 7.01. The van der Waals surface area contributed by atoms with Crippen LogP contribution in [-0.4, -0.2) is 21.1 Å². The second-order valence-corrected chi connectivity index (χ2v) is 5.18. The van der Waals surface area contributed by atoms with Crippen LogP contribution in [0.25, 0.3) is 10.9 Å². The van der Waals surface area contributed by atoms with E-state index in [9.17, 15) is 0 Å². The van der Waals surface area contributed by atoms with E-state index in [0.717, 1.165) is 18.8 Å². The van der Waals surface area contributed by atoms with E-state index in [-0.39, 0.29) is 6.04 Å². The molecule has 0 aliphatic rings. The maximum absolute atomic E-state index is 4.38. The SMILES string of the molecule is CC(NCCc1c[nH]c2ccccc12)c1nccn1C. The Labute approximate surface area is 118 Å². The summed E-state index contributed by atoms with van der Waals surface area (Å²) in [6, 6.07) is 8.69. The fourth-order valence-corrected chi connectivity index (χ4v) is 2.65. The van der Waals surface area contributed by atoms with Gasteiger partial charge in [0.25, 0.3) is 0 Å². The highest BCUT2D eigenvalue weighted by Crippen LogP contribution is 2.18. The van der Waals surface area contributed by atoms with Crippen molar-refractivity contribution < 1.29 is 0 Å². The zero-order valence-corrected chi connectivity index (χ0v) is 11.9. The number of nitrogens with one attached hydrogen (secondary N) is 2. The molecule has 0 saturated heterocycles. The molecular weight excluding hydrogens is 248 g/mol. The number of hydrogen-bond donors (Lipinski definition) is 2. The first kappa shape index (κ1) is 12.9. The molecule has 0 saturated carbocycles. The van der Waals surface area contributed by atoms with Crippen molar-refractivity contribution in [2.75, 3.05) is 6.54 Å². The van der Waals surface area contributed by atoms with Gasteiger partial charge in [-0.05, 0) is 31.5 Å². The van der Waals surface area contributed by atoms with Gasteiger partial charge in [-0.3, -0.25) is 0 Å². The standard InChI is InChI=1S/C16H20N4/c1-12(16-18-9-10-20(16)2)17-8-7-13-11-19-15-6-4-3-5-14(13)15/h3-6,9-12,17,19H,7-8H2,1-2H3. The summed E-state index contributed by atoms with van der Waals surface area (Å²) in [6.07, 6.45) is 6.94. The maximum atomic E-state index is 4.38. The van der Waals surface area contributed by atoms with Crippen molar-refractivity contribution in [3.63, 3.8) is 0 Å². The molecular formula is C16H20N4. The molecule has 2 aromatic heterocycles. The van der Waals surface area contributed by atoms with Gasteiger partial charge in [-0.25, -0.2) is 4.98 Å². The molecule has 1 aromatic carbocycles. The number of hydrogen-bond acceptors (Lipinski definition) is 2. The van der Waals surface area contributed by atoms with Gasteiger partial charge in [0, 0.05) is 36.5 Å². The number of para-hydroxylation sites is 1. The second-order valence-electron chi connectivity index (χ2n) is 5.18. The number of aromatic amines is 1. The smallest absolute Gasteiger partial charge is 0.125 e. The van der Waals surface area contributed by atoms with E-state index in [4.69, 9.17) is 0 Å². The normalized spacial score (nSPS) is 12.9. The summed E-state index contributed by atoms with van der Waals surface area (Å²) in [5.41, 5.74) is 2.57. The van der Waals surface area contributed by atoms with E-state index in [1.54, 1.807) is 0 Å². The largest absolute Gasteiger partial charge is 0.361 e. The van der Waals surface area contributed by atoms with Crippen molar-refractivity contribution in [2.24, 2.45) is 7.05 Å². The van der Waals surface area contributed by atoms with E-state index in [0.29, 0.717) is 0 Å². The van der Waals surface area contributed by atoms with E-state index in [1.165, 1.54) is 16.5 Å². The first-order valence-corrected chi connectivity index (χ1v) is 7.01. The van der Waals surface area contributed by atoms with Crippen LogP contribution in [0.5, 0.6) is 0 Å². The highest BCUT2D eigenvalue weighted by molar-refractivity contribution is 5.83. The Morgan fingerprint density at radius 2 is 2.20 bits per heavy atom. The van der Waals surface area contributed by atoms with Gasteiger partial charge in [0.05, 0.1) is 6.04 Å². The van der Waals surface area contributed by atoms with Crippen LogP contribution in [0.15, 0.2) is 42.9 Å². The van der Waals surface area contributed by atoms with Gasteiger partial charge < -0.3 is 14.9 Å². The topological polar surface area (TPSA) is 45.6 Å². The summed E-state index contributed by atoms with van der Waals surface area (Å²) >= 11 is 0. The molecule has 4 nitrogen and oxygen atoms in total. The molecule has 3 rings (SSSR count). The van der Waals surface area contributed by atoms with E-state index >= 15 is 0 Å². The third-order valence-electron chi connectivity index (χ3n) is 3.77. The average Bonchev–Trinajstić information content (AvgIpc) is 3.05. The Morgan fingerprint density at radius 1 is 1.35 bits per heavy atom. The Bertz CT molecular complexity index is 695. The molecule has 3 aromatic rings. The molecule has 1 unspecified atom stereocenters. The summed E-state index contributed by atoms with van der Waals surface area (Å²) < 4.78 is 2.06. The van der Waals surface area contributed by atoms with Crippen LogP contribution in [0.2, 0.25) is 0 Å². The molecule has 2 heterocycles. The van der Waals surface area contributed by atoms with E-state index in [2.05, 4.69) is 57.2 Å². The minimum absolute atomic E-state index is 0.264. The monoisotopic (exact) mass is 268 g/mol. The van der Waals surface area contributed by atoms with Gasteiger partial charge in [-0.1, -0.05) is 18.2 Å². The van der Waals surface area contributed by atoms with Crippen LogP contribution in [-0.2, 0) is 13.5 Å². The fraction of sp³-hybridized carbons (Fsp3) is 0.312. The molecule has 0 aliphatic carbocycles. The summed E-state index contributed by atoms with van der Waals surface area (Å²) in [5, 5.41) is 4.85. The molecule has 0 amide bonds. The van der Waals surface area contributed by atoms with Crippen molar-refractivity contribution in [1.29, 1.82) is 0 Å². The number of rotatable bonds is 5. The van der Waals surface area contributed by atoms with Crippen LogP contribution in [0.1, 0.15) is 24.4 Å². The molecule has 20 heavy (non-hydrogen) atoms. The Morgan fingerprint density at radius 3 is 3.00 bits per heavy atom. The van der Waals surface area contributed by atoms with Gasteiger partial charge in [0.1, 0.15) is 5.82 Å². The molecule has 0 spiro atoms. The van der Waals surface area contributed by atoms with E-state index in [1.807, 2.05) is 19.4 Å². The zero-order valence-electron chi connectivity index (χ0n) is 11.9. The van der Waals surface area contributed by atoms with Crippen LogP contribution in [0.3, 0.4) is 0 Å². The molecule has 0 fully saturated rings. The number of fused-ring (bicyclic) bond motifs is 1. The number of H-pyrrole nitrogens is 1. The molecule has 0 bridgehead atoms. The van der Waals surface area contributed by atoms with Crippen LogP contribution in [0, 0.1) is 0 Å². The molecule has 0 aliphatic heterocycles. The van der Waals surface area contributed by atoms with E-state index < -0.39 is 0 Å². The number of imidazole rings is 1. The minimum Gasteiger partial charge on any atom is -0.361 e. The molecule has 4 heteroatoms. The van der Waals surface area contributed by atoms with Crippen molar-refractivity contribution in [1.82, 2.24) is 19.9 Å². The Hall–Kier alpha value is -2.07. The minimum atomic E-state index is 0.264. The third-order valence-corrected chi connectivity index (χ3v) is 3.77.